The second-order valence-corrected chi connectivity index (χ2v) is 5.87. The number of hydrogen-bond acceptors (Lipinski definition) is 3. The second kappa shape index (κ2) is 8.42. The van der Waals surface area contributed by atoms with Crippen molar-refractivity contribution in [3.05, 3.63) is 18.0 Å². The number of nitrogens with one attached hydrogen (secondary N) is 1. The highest BCUT2D eigenvalue weighted by Crippen LogP contribution is 2.28. The Labute approximate surface area is 122 Å². The van der Waals surface area contributed by atoms with Crippen LogP contribution in [0.2, 0.25) is 0 Å². The van der Waals surface area contributed by atoms with Gasteiger partial charge in [-0.3, -0.25) is 4.68 Å². The highest BCUT2D eigenvalue weighted by molar-refractivity contribution is 5.01. The Morgan fingerprint density at radius 3 is 2.95 bits per heavy atom. The quantitative estimate of drug-likeness (QED) is 0.755. The van der Waals surface area contributed by atoms with Gasteiger partial charge in [0, 0.05) is 19.3 Å². The molecule has 20 heavy (non-hydrogen) atoms. The van der Waals surface area contributed by atoms with Gasteiger partial charge in [0.2, 0.25) is 0 Å². The first kappa shape index (κ1) is 15.5. The second-order valence-electron chi connectivity index (χ2n) is 5.87. The lowest BCUT2D eigenvalue weighted by molar-refractivity contribution is 0.162. The minimum absolute atomic E-state index is 0.441. The molecule has 0 aromatic carbocycles. The van der Waals surface area contributed by atoms with Gasteiger partial charge in [-0.1, -0.05) is 19.8 Å². The highest BCUT2D eigenvalue weighted by atomic mass is 16.5. The molecule has 0 radical (unpaired) electrons. The van der Waals surface area contributed by atoms with Crippen molar-refractivity contribution in [2.45, 2.75) is 64.0 Å². The molecule has 1 aromatic rings. The highest BCUT2D eigenvalue weighted by Gasteiger charge is 2.17. The van der Waals surface area contributed by atoms with Gasteiger partial charge in [-0.25, -0.2) is 0 Å². The fourth-order valence-corrected chi connectivity index (χ4v) is 3.00. The molecular weight excluding hydrogens is 250 g/mol. The van der Waals surface area contributed by atoms with Gasteiger partial charge >= 0.3 is 0 Å². The van der Waals surface area contributed by atoms with Gasteiger partial charge in [-0.05, 0) is 44.7 Å². The van der Waals surface area contributed by atoms with Crippen molar-refractivity contribution in [2.75, 3.05) is 20.3 Å². The molecule has 0 amide bonds. The van der Waals surface area contributed by atoms with Crippen LogP contribution in [0.4, 0.5) is 0 Å². The van der Waals surface area contributed by atoms with Gasteiger partial charge in [0.25, 0.3) is 0 Å². The minimum atomic E-state index is 0.441. The topological polar surface area (TPSA) is 39.1 Å². The lowest BCUT2D eigenvalue weighted by atomic mass is 10.1. The molecule has 1 N–H and O–H groups in total. The molecule has 1 fully saturated rings. The summed E-state index contributed by atoms with van der Waals surface area (Å²) in [6.07, 6.45) is 10.8. The van der Waals surface area contributed by atoms with Crippen molar-refractivity contribution in [3.63, 3.8) is 0 Å². The first-order valence-electron chi connectivity index (χ1n) is 8.09. The van der Waals surface area contributed by atoms with Crippen LogP contribution in [0.1, 0.15) is 57.2 Å². The van der Waals surface area contributed by atoms with Crippen LogP contribution >= 0.6 is 0 Å². The van der Waals surface area contributed by atoms with Gasteiger partial charge in [-0.2, -0.15) is 5.10 Å². The van der Waals surface area contributed by atoms with E-state index in [-0.39, 0.29) is 0 Å². The Kier molecular flexibility index (Phi) is 6.54. The molecule has 1 aliphatic carbocycles. The summed E-state index contributed by atoms with van der Waals surface area (Å²) in [6, 6.07) is 3.27. The lowest BCUT2D eigenvalue weighted by Crippen LogP contribution is -2.34. The smallest absolute Gasteiger partial charge is 0.0625 e. The van der Waals surface area contributed by atoms with Crippen molar-refractivity contribution >= 4 is 0 Å². The molecule has 1 heterocycles. The van der Waals surface area contributed by atoms with Crippen LogP contribution in [-0.4, -0.2) is 36.1 Å². The zero-order valence-electron chi connectivity index (χ0n) is 13.0. The van der Waals surface area contributed by atoms with E-state index in [0.717, 1.165) is 32.4 Å². The number of methoxy groups -OCH3 is 1. The third kappa shape index (κ3) is 4.60. The average Bonchev–Trinajstić information content (AvgIpc) is 3.12. The van der Waals surface area contributed by atoms with Crippen molar-refractivity contribution in [1.82, 2.24) is 15.1 Å². The van der Waals surface area contributed by atoms with E-state index in [9.17, 15) is 0 Å². The SMILES string of the molecule is CCCNC(CCc1ccn(C2CCCC2)n1)COC. The lowest BCUT2D eigenvalue weighted by Gasteiger charge is -2.16. The van der Waals surface area contributed by atoms with Gasteiger partial charge in [0.05, 0.1) is 18.3 Å². The number of aromatic nitrogens is 2. The molecular formula is C16H29N3O. The van der Waals surface area contributed by atoms with Crippen LogP contribution in [-0.2, 0) is 11.2 Å². The van der Waals surface area contributed by atoms with E-state index in [4.69, 9.17) is 9.84 Å². The Bertz CT molecular complexity index is 372. The van der Waals surface area contributed by atoms with Crippen LogP contribution in [0.25, 0.3) is 0 Å². The Morgan fingerprint density at radius 2 is 2.25 bits per heavy atom. The summed E-state index contributed by atoms with van der Waals surface area (Å²) >= 11 is 0. The summed E-state index contributed by atoms with van der Waals surface area (Å²) < 4.78 is 7.48. The molecule has 2 rings (SSSR count). The number of ether oxygens (including phenoxy) is 1. The van der Waals surface area contributed by atoms with Crippen LogP contribution in [0.5, 0.6) is 0 Å². The normalized spacial score (nSPS) is 17.7. The monoisotopic (exact) mass is 279 g/mol. The fourth-order valence-electron chi connectivity index (χ4n) is 3.00. The summed E-state index contributed by atoms with van der Waals surface area (Å²) in [5.41, 5.74) is 1.22. The van der Waals surface area contributed by atoms with E-state index in [1.807, 2.05) is 0 Å². The number of nitrogens with zero attached hydrogens (tertiary/aromatic N) is 2. The van der Waals surface area contributed by atoms with Crippen molar-refractivity contribution < 1.29 is 4.74 Å². The number of aryl methyl sites for hydroxylation is 1. The summed E-state index contributed by atoms with van der Waals surface area (Å²) in [4.78, 5) is 0. The van der Waals surface area contributed by atoms with Crippen molar-refractivity contribution in [3.8, 4) is 0 Å². The molecule has 1 aliphatic rings. The molecule has 4 heteroatoms. The molecule has 4 nitrogen and oxygen atoms in total. The minimum Gasteiger partial charge on any atom is -0.383 e. The van der Waals surface area contributed by atoms with Crippen LogP contribution in [0.15, 0.2) is 12.3 Å². The molecule has 1 aromatic heterocycles. The third-order valence-electron chi connectivity index (χ3n) is 4.16. The molecule has 0 spiro atoms. The Balaban J connectivity index is 1.79. The van der Waals surface area contributed by atoms with Crippen LogP contribution < -0.4 is 5.32 Å². The third-order valence-corrected chi connectivity index (χ3v) is 4.16. The molecule has 1 atom stereocenters. The number of hydrogen-bond donors (Lipinski definition) is 1. The van der Waals surface area contributed by atoms with E-state index < -0.39 is 0 Å². The average molecular weight is 279 g/mol. The molecule has 114 valence electrons. The molecule has 1 saturated carbocycles. The van der Waals surface area contributed by atoms with Crippen molar-refractivity contribution in [2.24, 2.45) is 0 Å². The number of rotatable bonds is 9. The molecule has 1 unspecified atom stereocenters. The zero-order valence-corrected chi connectivity index (χ0v) is 13.0. The standard InChI is InChI=1S/C16H29N3O/c1-3-11-17-15(13-20-2)9-8-14-10-12-19(18-14)16-6-4-5-7-16/h10,12,15-17H,3-9,11,13H2,1-2H3. The van der Waals surface area contributed by atoms with E-state index in [0.29, 0.717) is 12.1 Å². The molecule has 0 bridgehead atoms. The largest absolute Gasteiger partial charge is 0.383 e. The maximum absolute atomic E-state index is 5.29. The first-order chi connectivity index (χ1) is 9.83. The zero-order chi connectivity index (χ0) is 14.2. The van der Waals surface area contributed by atoms with Gasteiger partial charge in [0.1, 0.15) is 0 Å². The van der Waals surface area contributed by atoms with Gasteiger partial charge in [-0.15, -0.1) is 0 Å². The predicted molar refractivity (Wildman–Crippen MR) is 82.0 cm³/mol. The predicted octanol–water partition coefficient (Wildman–Crippen LogP) is 2.95. The molecule has 0 aliphatic heterocycles. The maximum Gasteiger partial charge on any atom is 0.0625 e. The van der Waals surface area contributed by atoms with Crippen molar-refractivity contribution in [1.29, 1.82) is 0 Å². The van der Waals surface area contributed by atoms with Gasteiger partial charge in [0.15, 0.2) is 0 Å². The fraction of sp³-hybridized carbons (Fsp3) is 0.812. The molecule has 0 saturated heterocycles. The first-order valence-corrected chi connectivity index (χ1v) is 8.09. The van der Waals surface area contributed by atoms with E-state index >= 15 is 0 Å². The Morgan fingerprint density at radius 1 is 1.45 bits per heavy atom. The summed E-state index contributed by atoms with van der Waals surface area (Å²) in [5.74, 6) is 0. The van der Waals surface area contributed by atoms with Crippen LogP contribution in [0, 0.1) is 0 Å². The van der Waals surface area contributed by atoms with Crippen LogP contribution in [0.3, 0.4) is 0 Å². The summed E-state index contributed by atoms with van der Waals surface area (Å²) in [5, 5.41) is 8.30. The summed E-state index contributed by atoms with van der Waals surface area (Å²) in [7, 11) is 1.77. The Hall–Kier alpha value is -0.870. The van der Waals surface area contributed by atoms with E-state index in [2.05, 4.69) is 29.2 Å². The van der Waals surface area contributed by atoms with E-state index in [1.54, 1.807) is 7.11 Å². The maximum atomic E-state index is 5.29. The summed E-state index contributed by atoms with van der Waals surface area (Å²) in [6.45, 7) is 4.04. The van der Waals surface area contributed by atoms with E-state index in [1.165, 1.54) is 31.4 Å². The van der Waals surface area contributed by atoms with Gasteiger partial charge < -0.3 is 10.1 Å².